The number of rotatable bonds is 7. The van der Waals surface area contributed by atoms with Crippen LogP contribution in [-0.4, -0.2) is 29.8 Å². The number of furan rings is 1. The van der Waals surface area contributed by atoms with Crippen LogP contribution >= 0.6 is 0 Å². The van der Waals surface area contributed by atoms with Crippen molar-refractivity contribution in [2.45, 2.75) is 26.0 Å². The minimum absolute atomic E-state index is 0.0317. The van der Waals surface area contributed by atoms with Gasteiger partial charge in [-0.05, 0) is 48.2 Å². The second kappa shape index (κ2) is 9.98. The summed E-state index contributed by atoms with van der Waals surface area (Å²) in [5.74, 6) is 0.709. The third kappa shape index (κ3) is 5.34. The Balaban J connectivity index is 1.33. The van der Waals surface area contributed by atoms with Crippen LogP contribution in [0.4, 0.5) is 0 Å². The molecule has 1 aliphatic heterocycles. The lowest BCUT2D eigenvalue weighted by molar-refractivity contribution is -0.126. The summed E-state index contributed by atoms with van der Waals surface area (Å²) in [6.07, 6.45) is 3.05. The van der Waals surface area contributed by atoms with Gasteiger partial charge in [-0.15, -0.1) is 0 Å². The van der Waals surface area contributed by atoms with E-state index in [0.717, 1.165) is 29.7 Å². The van der Waals surface area contributed by atoms with E-state index in [9.17, 15) is 9.59 Å². The summed E-state index contributed by atoms with van der Waals surface area (Å²) >= 11 is 0. The number of likely N-dealkylation sites (tertiary alicyclic amines) is 1. The van der Waals surface area contributed by atoms with E-state index in [4.69, 9.17) is 9.15 Å². The molecule has 2 heterocycles. The molecule has 6 heteroatoms. The average molecular weight is 418 g/mol. The number of nitrogens with zero attached hydrogens (tertiary/aromatic N) is 1. The van der Waals surface area contributed by atoms with E-state index in [-0.39, 0.29) is 17.7 Å². The van der Waals surface area contributed by atoms with E-state index in [1.54, 1.807) is 17.0 Å². The standard InChI is InChI=1S/C25H26N2O4/c28-24(20-10-6-14-27(17-20)25(29)23-13-7-15-30-23)26-16-19-8-4-5-9-21(19)18-31-22-11-2-1-3-12-22/h1-5,7-9,11-13,15,20H,6,10,14,16-18H2,(H,26,28). The molecule has 4 rings (SSSR count). The van der Waals surface area contributed by atoms with Crippen LogP contribution < -0.4 is 10.1 Å². The Morgan fingerprint density at radius 1 is 1.00 bits per heavy atom. The van der Waals surface area contributed by atoms with Gasteiger partial charge in [0.1, 0.15) is 12.4 Å². The van der Waals surface area contributed by atoms with Crippen molar-refractivity contribution in [2.75, 3.05) is 13.1 Å². The number of ether oxygens (including phenoxy) is 1. The summed E-state index contributed by atoms with van der Waals surface area (Å²) < 4.78 is 11.1. The number of nitrogens with one attached hydrogen (secondary N) is 1. The summed E-state index contributed by atoms with van der Waals surface area (Å²) in [6.45, 7) is 1.91. The second-order valence-corrected chi connectivity index (χ2v) is 7.66. The molecule has 0 spiro atoms. The Morgan fingerprint density at radius 2 is 1.77 bits per heavy atom. The van der Waals surface area contributed by atoms with Crippen LogP contribution in [0, 0.1) is 5.92 Å². The van der Waals surface area contributed by atoms with E-state index >= 15 is 0 Å². The van der Waals surface area contributed by atoms with Gasteiger partial charge in [0.15, 0.2) is 5.76 Å². The van der Waals surface area contributed by atoms with E-state index < -0.39 is 0 Å². The Bertz CT molecular complexity index is 1000. The number of piperidine rings is 1. The van der Waals surface area contributed by atoms with Crippen LogP contribution in [0.25, 0.3) is 0 Å². The van der Waals surface area contributed by atoms with Crippen LogP contribution in [0.15, 0.2) is 77.4 Å². The fraction of sp³-hybridized carbons (Fsp3) is 0.280. The van der Waals surface area contributed by atoms with Gasteiger partial charge in [0.2, 0.25) is 5.91 Å². The average Bonchev–Trinajstić information content (AvgIpc) is 3.37. The highest BCUT2D eigenvalue weighted by Crippen LogP contribution is 2.20. The van der Waals surface area contributed by atoms with Gasteiger partial charge < -0.3 is 19.4 Å². The first-order valence-corrected chi connectivity index (χ1v) is 10.6. The second-order valence-electron chi connectivity index (χ2n) is 7.66. The van der Waals surface area contributed by atoms with Crippen molar-refractivity contribution in [3.8, 4) is 5.75 Å². The van der Waals surface area contributed by atoms with Crippen LogP contribution in [0.2, 0.25) is 0 Å². The maximum atomic E-state index is 12.8. The monoisotopic (exact) mass is 418 g/mol. The molecule has 1 atom stereocenters. The van der Waals surface area contributed by atoms with Gasteiger partial charge in [-0.3, -0.25) is 9.59 Å². The zero-order chi connectivity index (χ0) is 21.5. The Labute approximate surface area is 181 Å². The van der Waals surface area contributed by atoms with Crippen molar-refractivity contribution < 1.29 is 18.7 Å². The SMILES string of the molecule is O=C(NCc1ccccc1COc1ccccc1)C1CCCN(C(=O)c2ccco2)C1. The number of para-hydroxylation sites is 1. The van der Waals surface area contributed by atoms with Crippen molar-refractivity contribution in [1.29, 1.82) is 0 Å². The summed E-state index contributed by atoms with van der Waals surface area (Å²) in [4.78, 5) is 27.0. The molecule has 1 N–H and O–H groups in total. The molecule has 1 aliphatic rings. The predicted octanol–water partition coefficient (Wildman–Crippen LogP) is 4.03. The zero-order valence-electron chi connectivity index (χ0n) is 17.3. The highest BCUT2D eigenvalue weighted by Gasteiger charge is 2.29. The molecule has 0 saturated carbocycles. The largest absolute Gasteiger partial charge is 0.489 e. The molecule has 2 aromatic carbocycles. The van der Waals surface area contributed by atoms with E-state index in [2.05, 4.69) is 5.32 Å². The molecular formula is C25H26N2O4. The van der Waals surface area contributed by atoms with Gasteiger partial charge in [-0.25, -0.2) is 0 Å². The molecule has 31 heavy (non-hydrogen) atoms. The Kier molecular flexibility index (Phi) is 6.67. The molecular weight excluding hydrogens is 392 g/mol. The number of carbonyl (C=O) groups excluding carboxylic acids is 2. The number of carbonyl (C=O) groups is 2. The van der Waals surface area contributed by atoms with Crippen LogP contribution in [-0.2, 0) is 17.9 Å². The lowest BCUT2D eigenvalue weighted by atomic mass is 9.96. The van der Waals surface area contributed by atoms with Crippen molar-refractivity contribution in [3.63, 3.8) is 0 Å². The topological polar surface area (TPSA) is 71.8 Å². The number of benzene rings is 2. The number of hydrogen-bond donors (Lipinski definition) is 1. The van der Waals surface area contributed by atoms with Gasteiger partial charge in [0.05, 0.1) is 12.2 Å². The van der Waals surface area contributed by atoms with Gasteiger partial charge in [0, 0.05) is 19.6 Å². The zero-order valence-corrected chi connectivity index (χ0v) is 17.3. The minimum atomic E-state index is -0.222. The molecule has 1 saturated heterocycles. The third-order valence-corrected chi connectivity index (χ3v) is 5.52. The van der Waals surface area contributed by atoms with Gasteiger partial charge >= 0.3 is 0 Å². The normalized spacial score (nSPS) is 16.0. The van der Waals surface area contributed by atoms with E-state index in [1.807, 2.05) is 54.6 Å². The molecule has 6 nitrogen and oxygen atoms in total. The van der Waals surface area contributed by atoms with Gasteiger partial charge in [0.25, 0.3) is 5.91 Å². The van der Waals surface area contributed by atoms with Crippen LogP contribution in [0.1, 0.15) is 34.5 Å². The molecule has 2 amide bonds. The summed E-state index contributed by atoms with van der Waals surface area (Å²) in [5, 5.41) is 3.05. The van der Waals surface area contributed by atoms with Crippen molar-refractivity contribution in [3.05, 3.63) is 89.9 Å². The summed E-state index contributed by atoms with van der Waals surface area (Å²) in [7, 11) is 0. The summed E-state index contributed by atoms with van der Waals surface area (Å²) in [6, 6.07) is 20.9. The highest BCUT2D eigenvalue weighted by atomic mass is 16.5. The Morgan fingerprint density at radius 3 is 2.55 bits per heavy atom. The molecule has 1 fully saturated rings. The van der Waals surface area contributed by atoms with Crippen molar-refractivity contribution >= 4 is 11.8 Å². The molecule has 0 bridgehead atoms. The van der Waals surface area contributed by atoms with Crippen molar-refractivity contribution in [1.82, 2.24) is 10.2 Å². The maximum Gasteiger partial charge on any atom is 0.289 e. The molecule has 0 aliphatic carbocycles. The quantitative estimate of drug-likeness (QED) is 0.629. The minimum Gasteiger partial charge on any atom is -0.489 e. The third-order valence-electron chi connectivity index (χ3n) is 5.52. The fourth-order valence-corrected chi connectivity index (χ4v) is 3.81. The first-order chi connectivity index (χ1) is 15.2. The lowest BCUT2D eigenvalue weighted by Gasteiger charge is -2.31. The molecule has 3 aromatic rings. The van der Waals surface area contributed by atoms with E-state index in [0.29, 0.717) is 32.0 Å². The molecule has 1 unspecified atom stereocenters. The Hall–Kier alpha value is -3.54. The highest BCUT2D eigenvalue weighted by molar-refractivity contribution is 5.92. The van der Waals surface area contributed by atoms with Crippen LogP contribution in [0.3, 0.4) is 0 Å². The van der Waals surface area contributed by atoms with Gasteiger partial charge in [-0.2, -0.15) is 0 Å². The molecule has 160 valence electrons. The summed E-state index contributed by atoms with van der Waals surface area (Å²) in [5.41, 5.74) is 2.05. The lowest BCUT2D eigenvalue weighted by Crippen LogP contribution is -2.45. The fourth-order valence-electron chi connectivity index (χ4n) is 3.81. The molecule has 1 aromatic heterocycles. The smallest absolute Gasteiger partial charge is 0.289 e. The van der Waals surface area contributed by atoms with E-state index in [1.165, 1.54) is 6.26 Å². The maximum absolute atomic E-state index is 12.8. The first-order valence-electron chi connectivity index (χ1n) is 10.6. The van der Waals surface area contributed by atoms with Crippen molar-refractivity contribution in [2.24, 2.45) is 5.92 Å². The molecule has 0 radical (unpaired) electrons. The number of hydrogen-bond acceptors (Lipinski definition) is 4. The first kappa shape index (κ1) is 20.7. The van der Waals surface area contributed by atoms with Crippen LogP contribution in [0.5, 0.6) is 5.75 Å². The van der Waals surface area contributed by atoms with Gasteiger partial charge in [-0.1, -0.05) is 42.5 Å². The number of amides is 2. The predicted molar refractivity (Wildman–Crippen MR) is 116 cm³/mol.